The molecule has 0 spiro atoms. The summed E-state index contributed by atoms with van der Waals surface area (Å²) in [6.45, 7) is 1.26. The first-order valence-corrected chi connectivity index (χ1v) is 4.84. The lowest BCUT2D eigenvalue weighted by Gasteiger charge is -1.99. The maximum Gasteiger partial charge on any atom is 0.290 e. The molecule has 0 heterocycles. The van der Waals surface area contributed by atoms with Crippen molar-refractivity contribution >= 4 is 28.3 Å². The van der Waals surface area contributed by atoms with Crippen LogP contribution in [0.25, 0.3) is 0 Å². The van der Waals surface area contributed by atoms with Crippen molar-refractivity contribution in [1.29, 1.82) is 0 Å². The van der Waals surface area contributed by atoms with Gasteiger partial charge >= 0.3 is 0 Å². The summed E-state index contributed by atoms with van der Waals surface area (Å²) in [6.07, 6.45) is 0. The van der Waals surface area contributed by atoms with Crippen LogP contribution < -0.4 is 0 Å². The molecule has 0 fully saturated rings. The van der Waals surface area contributed by atoms with E-state index in [4.69, 9.17) is 0 Å². The molecule has 0 aliphatic rings. The lowest BCUT2D eigenvalue weighted by Crippen LogP contribution is -1.95. The quantitative estimate of drug-likeness (QED) is 0.457. The Morgan fingerprint density at radius 3 is 2.31 bits per heavy atom. The van der Waals surface area contributed by atoms with Crippen LogP contribution in [0.15, 0.2) is 23.1 Å². The molecular weight excluding hydrogens is 236 g/mol. The second-order valence-electron chi connectivity index (χ2n) is 2.76. The zero-order valence-corrected chi connectivity index (χ0v) is 8.89. The third kappa shape index (κ3) is 2.76. The lowest BCUT2D eigenvalue weighted by molar-refractivity contribution is -0.396. The van der Waals surface area contributed by atoms with E-state index in [1.165, 1.54) is 13.0 Å². The van der Waals surface area contributed by atoms with Crippen molar-refractivity contribution in [1.82, 2.24) is 0 Å². The molecule has 0 aliphatic heterocycles. The number of benzene rings is 1. The second-order valence-corrected chi connectivity index (χ2v) is 3.98. The van der Waals surface area contributed by atoms with E-state index in [1.54, 1.807) is 0 Å². The van der Waals surface area contributed by atoms with Crippen LogP contribution in [0, 0.1) is 20.2 Å². The van der Waals surface area contributed by atoms with Crippen molar-refractivity contribution in [3.63, 3.8) is 0 Å². The summed E-state index contributed by atoms with van der Waals surface area (Å²) < 4.78 is 0. The fourth-order valence-electron chi connectivity index (χ4n) is 1.00. The van der Waals surface area contributed by atoms with Gasteiger partial charge in [0.2, 0.25) is 0 Å². The third-order valence-corrected chi connectivity index (χ3v) is 2.46. The van der Waals surface area contributed by atoms with Crippen LogP contribution in [0.1, 0.15) is 6.92 Å². The average molecular weight is 242 g/mol. The van der Waals surface area contributed by atoms with Gasteiger partial charge in [0.1, 0.15) is 0 Å². The van der Waals surface area contributed by atoms with Gasteiger partial charge in [-0.2, -0.15) is 0 Å². The second kappa shape index (κ2) is 4.71. The Morgan fingerprint density at radius 2 is 1.88 bits per heavy atom. The molecule has 0 unspecified atom stereocenters. The lowest BCUT2D eigenvalue weighted by atomic mass is 10.3. The Labute approximate surface area is 93.8 Å². The number of hydrogen-bond donors (Lipinski definition) is 0. The van der Waals surface area contributed by atoms with Crippen LogP contribution in [0.5, 0.6) is 0 Å². The van der Waals surface area contributed by atoms with Gasteiger partial charge in [-0.1, -0.05) is 0 Å². The van der Waals surface area contributed by atoms with Crippen LogP contribution in [0.2, 0.25) is 0 Å². The van der Waals surface area contributed by atoms with Crippen molar-refractivity contribution in [3.05, 3.63) is 38.4 Å². The molecular formula is C8H6N2O5S. The summed E-state index contributed by atoms with van der Waals surface area (Å²) >= 11 is 0.671. The van der Waals surface area contributed by atoms with E-state index in [-0.39, 0.29) is 15.7 Å². The molecule has 0 amide bonds. The summed E-state index contributed by atoms with van der Waals surface area (Å²) in [6, 6.07) is 3.16. The van der Waals surface area contributed by atoms with Crippen molar-refractivity contribution in [2.24, 2.45) is 0 Å². The fraction of sp³-hybridized carbons (Fsp3) is 0.125. The number of carbonyl (C=O) groups is 1. The first-order chi connectivity index (χ1) is 7.41. The highest BCUT2D eigenvalue weighted by atomic mass is 32.2. The summed E-state index contributed by atoms with van der Waals surface area (Å²) in [5.74, 6) is 0. The maximum absolute atomic E-state index is 10.8. The number of carbonyl (C=O) groups excluding carboxylic acids is 1. The zero-order valence-electron chi connectivity index (χ0n) is 8.08. The minimum atomic E-state index is -0.752. The van der Waals surface area contributed by atoms with Gasteiger partial charge in [0.05, 0.1) is 20.8 Å². The number of thioether (sulfide) groups is 1. The monoisotopic (exact) mass is 242 g/mol. The molecule has 0 aliphatic carbocycles. The topological polar surface area (TPSA) is 103 Å². The fourth-order valence-corrected chi connectivity index (χ4v) is 1.69. The number of rotatable bonds is 3. The van der Waals surface area contributed by atoms with Crippen LogP contribution >= 0.6 is 11.8 Å². The Bertz CT molecular complexity index is 473. The van der Waals surface area contributed by atoms with E-state index < -0.39 is 15.5 Å². The standard InChI is InChI=1S/C8H6N2O5S/c1-5(11)16-8-3-2-6(9(12)13)4-7(8)10(14)15/h2-4H,1H3. The van der Waals surface area contributed by atoms with E-state index in [1.807, 2.05) is 0 Å². The highest BCUT2D eigenvalue weighted by molar-refractivity contribution is 8.13. The Hall–Kier alpha value is -1.96. The van der Waals surface area contributed by atoms with Crippen LogP contribution in [-0.2, 0) is 4.79 Å². The SMILES string of the molecule is CC(=O)Sc1ccc([N+](=O)[O-])cc1[N+](=O)[O-]. The molecule has 1 rings (SSSR count). The summed E-state index contributed by atoms with van der Waals surface area (Å²) in [5, 5.41) is 20.7. The first-order valence-electron chi connectivity index (χ1n) is 4.03. The zero-order chi connectivity index (χ0) is 12.3. The first kappa shape index (κ1) is 12.1. The Kier molecular flexibility index (Phi) is 3.56. The number of non-ortho nitro benzene ring substituents is 1. The van der Waals surface area contributed by atoms with E-state index in [0.29, 0.717) is 11.8 Å². The van der Waals surface area contributed by atoms with Crippen molar-refractivity contribution in [3.8, 4) is 0 Å². The van der Waals surface area contributed by atoms with Gasteiger partial charge in [0.15, 0.2) is 5.12 Å². The predicted molar refractivity (Wildman–Crippen MR) is 56.3 cm³/mol. The van der Waals surface area contributed by atoms with Crippen molar-refractivity contribution < 1.29 is 14.6 Å². The largest absolute Gasteiger partial charge is 0.290 e. The maximum atomic E-state index is 10.8. The Morgan fingerprint density at radius 1 is 1.25 bits per heavy atom. The number of nitro groups is 2. The molecule has 0 saturated heterocycles. The van der Waals surface area contributed by atoms with E-state index in [0.717, 1.165) is 12.1 Å². The molecule has 0 saturated carbocycles. The molecule has 84 valence electrons. The smallest absolute Gasteiger partial charge is 0.287 e. The summed E-state index contributed by atoms with van der Waals surface area (Å²) in [7, 11) is 0. The molecule has 7 nitrogen and oxygen atoms in total. The average Bonchev–Trinajstić information content (AvgIpc) is 2.16. The van der Waals surface area contributed by atoms with Gasteiger partial charge in [-0.3, -0.25) is 25.0 Å². The minimum absolute atomic E-state index is 0.100. The van der Waals surface area contributed by atoms with E-state index >= 15 is 0 Å². The number of hydrogen-bond acceptors (Lipinski definition) is 6. The molecule has 0 radical (unpaired) electrons. The Balaban J connectivity index is 3.24. The highest BCUT2D eigenvalue weighted by Gasteiger charge is 2.20. The van der Waals surface area contributed by atoms with E-state index in [2.05, 4.69) is 0 Å². The molecule has 0 atom stereocenters. The minimum Gasteiger partial charge on any atom is -0.287 e. The van der Waals surface area contributed by atoms with Gasteiger partial charge in [-0.25, -0.2) is 0 Å². The van der Waals surface area contributed by atoms with Gasteiger partial charge in [0, 0.05) is 13.0 Å². The van der Waals surface area contributed by atoms with Crippen LogP contribution in [-0.4, -0.2) is 15.0 Å². The molecule has 1 aromatic carbocycles. The highest BCUT2D eigenvalue weighted by Crippen LogP contribution is 2.32. The third-order valence-electron chi connectivity index (χ3n) is 1.60. The molecule has 8 heteroatoms. The molecule has 16 heavy (non-hydrogen) atoms. The number of nitrogens with zero attached hydrogens (tertiary/aromatic N) is 2. The summed E-state index contributed by atoms with van der Waals surface area (Å²) in [5.41, 5.74) is -0.811. The van der Waals surface area contributed by atoms with Crippen molar-refractivity contribution in [2.45, 2.75) is 11.8 Å². The van der Waals surface area contributed by atoms with Crippen LogP contribution in [0.4, 0.5) is 11.4 Å². The summed E-state index contributed by atoms with van der Waals surface area (Å²) in [4.78, 5) is 30.5. The van der Waals surface area contributed by atoms with Crippen LogP contribution in [0.3, 0.4) is 0 Å². The van der Waals surface area contributed by atoms with Crippen molar-refractivity contribution in [2.75, 3.05) is 0 Å². The predicted octanol–water partition coefficient (Wildman–Crippen LogP) is 2.14. The molecule has 1 aromatic rings. The van der Waals surface area contributed by atoms with Gasteiger partial charge in [-0.15, -0.1) is 0 Å². The van der Waals surface area contributed by atoms with Gasteiger partial charge < -0.3 is 0 Å². The normalized spacial score (nSPS) is 9.81. The molecule has 0 bridgehead atoms. The van der Waals surface area contributed by atoms with Gasteiger partial charge in [-0.05, 0) is 17.8 Å². The van der Waals surface area contributed by atoms with E-state index in [9.17, 15) is 25.0 Å². The molecule has 0 N–H and O–H groups in total. The molecule has 0 aromatic heterocycles. The van der Waals surface area contributed by atoms with Gasteiger partial charge in [0.25, 0.3) is 11.4 Å². The number of nitro benzene ring substituents is 2.